The summed E-state index contributed by atoms with van der Waals surface area (Å²) in [6.45, 7) is 1.32. The molecule has 0 heterocycles. The minimum Gasteiger partial charge on any atom is -0.506 e. The van der Waals surface area contributed by atoms with E-state index in [1.54, 1.807) is 0 Å². The molecule has 3 aromatic carbocycles. The van der Waals surface area contributed by atoms with Crippen molar-refractivity contribution in [3.63, 3.8) is 0 Å². The molecule has 0 spiro atoms. The summed E-state index contributed by atoms with van der Waals surface area (Å²) in [6.07, 6.45) is 0. The van der Waals surface area contributed by atoms with E-state index >= 15 is 0 Å². The zero-order valence-corrected chi connectivity index (χ0v) is 24.9. The molecular formula is C21H21N3O15S4. The molecule has 18 nitrogen and oxygen atoms in total. The quantitative estimate of drug-likeness (QED) is 0.132. The highest BCUT2D eigenvalue weighted by Gasteiger charge is 2.26. The Morgan fingerprint density at radius 3 is 2.02 bits per heavy atom. The first-order chi connectivity index (χ1) is 19.5. The molecule has 6 N–H and O–H groups in total. The highest BCUT2D eigenvalue weighted by molar-refractivity contribution is 7.91. The summed E-state index contributed by atoms with van der Waals surface area (Å²) in [7, 11) is -19.3. The maximum Gasteiger partial charge on any atom is 0.397 e. The number of sulfone groups is 1. The lowest BCUT2D eigenvalue weighted by Crippen LogP contribution is -2.16. The molecule has 0 atom stereocenters. The van der Waals surface area contributed by atoms with Crippen LogP contribution in [0.15, 0.2) is 55.2 Å². The van der Waals surface area contributed by atoms with Crippen molar-refractivity contribution >= 4 is 74.2 Å². The van der Waals surface area contributed by atoms with Crippen molar-refractivity contribution in [3.8, 4) is 11.5 Å². The number of nitrogens with zero attached hydrogens (tertiary/aromatic N) is 2. The third-order valence-electron chi connectivity index (χ3n) is 5.46. The number of carbonyl (C=O) groups excluding carboxylic acids is 1. The van der Waals surface area contributed by atoms with E-state index in [4.69, 9.17) is 4.55 Å². The van der Waals surface area contributed by atoms with E-state index in [9.17, 15) is 57.8 Å². The van der Waals surface area contributed by atoms with E-state index in [1.165, 1.54) is 6.92 Å². The van der Waals surface area contributed by atoms with Crippen molar-refractivity contribution in [2.24, 2.45) is 10.2 Å². The molecule has 43 heavy (non-hydrogen) atoms. The second-order valence-electron chi connectivity index (χ2n) is 8.65. The summed E-state index contributed by atoms with van der Waals surface area (Å²) in [5.41, 5.74) is -1.91. The zero-order valence-electron chi connectivity index (χ0n) is 21.6. The van der Waals surface area contributed by atoms with Crippen LogP contribution in [0, 0.1) is 6.92 Å². The fraction of sp³-hybridized carbons (Fsp3) is 0.190. The molecule has 0 fully saturated rings. The van der Waals surface area contributed by atoms with E-state index in [1.807, 2.05) is 0 Å². The fourth-order valence-electron chi connectivity index (χ4n) is 3.73. The van der Waals surface area contributed by atoms with Gasteiger partial charge in [-0.3, -0.25) is 18.5 Å². The van der Waals surface area contributed by atoms with Gasteiger partial charge in [0, 0.05) is 18.4 Å². The van der Waals surface area contributed by atoms with Gasteiger partial charge in [-0.15, -0.1) is 10.2 Å². The highest BCUT2D eigenvalue weighted by Crippen LogP contribution is 2.45. The summed E-state index contributed by atoms with van der Waals surface area (Å²) in [4.78, 5) is 9.31. The predicted molar refractivity (Wildman–Crippen MR) is 146 cm³/mol. The lowest BCUT2D eigenvalue weighted by molar-refractivity contribution is -0.114. The smallest absolute Gasteiger partial charge is 0.397 e. The van der Waals surface area contributed by atoms with E-state index in [0.29, 0.717) is 12.1 Å². The normalized spacial score (nSPS) is 13.0. The molecule has 234 valence electrons. The van der Waals surface area contributed by atoms with Crippen molar-refractivity contribution in [1.82, 2.24) is 0 Å². The van der Waals surface area contributed by atoms with E-state index in [-0.39, 0.29) is 5.56 Å². The van der Waals surface area contributed by atoms with Crippen LogP contribution in [0.1, 0.15) is 12.5 Å². The fourth-order valence-corrected chi connectivity index (χ4v) is 6.69. The number of nitrogens with one attached hydrogen (secondary N) is 1. The van der Waals surface area contributed by atoms with E-state index in [2.05, 4.69) is 19.7 Å². The Hall–Kier alpha value is -3.77. The van der Waals surface area contributed by atoms with Gasteiger partial charge in [0.25, 0.3) is 20.2 Å². The van der Waals surface area contributed by atoms with Crippen molar-refractivity contribution in [2.75, 3.05) is 17.7 Å². The summed E-state index contributed by atoms with van der Waals surface area (Å²) in [5, 5.41) is 30.0. The second kappa shape index (κ2) is 11.7. The van der Waals surface area contributed by atoms with Crippen LogP contribution in [0.2, 0.25) is 0 Å². The van der Waals surface area contributed by atoms with Crippen molar-refractivity contribution in [1.29, 1.82) is 0 Å². The van der Waals surface area contributed by atoms with Crippen molar-refractivity contribution in [3.05, 3.63) is 35.9 Å². The lowest BCUT2D eigenvalue weighted by atomic mass is 10.1. The second-order valence-corrected chi connectivity index (χ2v) is 14.6. The van der Waals surface area contributed by atoms with Gasteiger partial charge in [0.15, 0.2) is 15.6 Å². The van der Waals surface area contributed by atoms with Gasteiger partial charge in [-0.2, -0.15) is 25.3 Å². The number of phenolic OH excluding ortho intramolecular Hbond substituents is 2. The predicted octanol–water partition coefficient (Wildman–Crippen LogP) is 2.02. The number of hydrogen-bond donors (Lipinski definition) is 6. The Kier molecular flexibility index (Phi) is 9.20. The molecule has 0 radical (unpaired) electrons. The number of aromatic hydroxyl groups is 2. The van der Waals surface area contributed by atoms with Gasteiger partial charge in [-0.25, -0.2) is 12.6 Å². The number of hydrogen-bond acceptors (Lipinski definition) is 14. The molecule has 0 aliphatic rings. The maximum absolute atomic E-state index is 12.6. The summed E-state index contributed by atoms with van der Waals surface area (Å²) in [5.74, 6) is -3.58. The maximum atomic E-state index is 12.6. The highest BCUT2D eigenvalue weighted by atomic mass is 32.3. The minimum atomic E-state index is -5.23. The van der Waals surface area contributed by atoms with Crippen LogP contribution in [-0.2, 0) is 49.5 Å². The Morgan fingerprint density at radius 2 is 1.49 bits per heavy atom. The number of carbonyl (C=O) groups is 1. The van der Waals surface area contributed by atoms with Crippen LogP contribution in [0.5, 0.6) is 11.5 Å². The largest absolute Gasteiger partial charge is 0.506 e. The molecule has 0 aliphatic heterocycles. The van der Waals surface area contributed by atoms with Gasteiger partial charge in [-0.1, -0.05) is 0 Å². The first-order valence-electron chi connectivity index (χ1n) is 11.2. The van der Waals surface area contributed by atoms with Crippen LogP contribution >= 0.6 is 0 Å². The van der Waals surface area contributed by atoms with Crippen molar-refractivity contribution in [2.45, 2.75) is 28.5 Å². The average molecular weight is 684 g/mol. The van der Waals surface area contributed by atoms with E-state index in [0.717, 1.165) is 25.1 Å². The molecule has 0 aromatic heterocycles. The molecule has 3 aromatic rings. The van der Waals surface area contributed by atoms with Crippen LogP contribution in [0.4, 0.5) is 17.1 Å². The number of phenols is 2. The summed E-state index contributed by atoms with van der Waals surface area (Å²) in [6, 6.07) is 3.83. The molecule has 0 bridgehead atoms. The van der Waals surface area contributed by atoms with Crippen molar-refractivity contribution < 1.29 is 66.5 Å². The summed E-state index contributed by atoms with van der Waals surface area (Å²) >= 11 is 0. The minimum absolute atomic E-state index is 0.0676. The third-order valence-corrected chi connectivity index (χ3v) is 9.44. The molecule has 22 heteroatoms. The molecule has 0 aliphatic carbocycles. The SMILES string of the molecule is CC(=O)Nc1cc(S(=O)(=O)O)cc2cc(S(=O)(=O)O)c(/N=N/c3cc(C)c(S(=O)(=O)CCOS(=O)(=O)O)cc3O)c(O)c12. The van der Waals surface area contributed by atoms with Crippen LogP contribution in [0.3, 0.4) is 0 Å². The van der Waals surface area contributed by atoms with Crippen LogP contribution in [-0.4, -0.2) is 75.8 Å². The first kappa shape index (κ1) is 33.7. The molecule has 1 amide bonds. The molecule has 0 saturated heterocycles. The van der Waals surface area contributed by atoms with Gasteiger partial charge in [0.2, 0.25) is 5.91 Å². The summed E-state index contributed by atoms with van der Waals surface area (Å²) < 4.78 is 126. The molecular weight excluding hydrogens is 663 g/mol. The molecule has 3 rings (SSSR count). The Labute approximate surface area is 244 Å². The number of benzene rings is 3. The molecule has 0 saturated carbocycles. The van der Waals surface area contributed by atoms with Gasteiger partial charge < -0.3 is 15.5 Å². The van der Waals surface area contributed by atoms with Crippen LogP contribution < -0.4 is 5.32 Å². The number of fused-ring (bicyclic) bond motifs is 1. The Balaban J connectivity index is 2.21. The standard InChI is InChI=1S/C21H21N3O15S4/c1-10-5-14(16(26)9-17(10)40(28,29)4-3-39-43(36,37)38)23-24-20-18(42(33,34)35)7-12-6-13(41(30,31)32)8-15(22-11(2)25)19(12)21(20)27/h5-9,26-27H,3-4H2,1-2H3,(H,22,25)(H,30,31,32)(H,33,34,35)(H,36,37,38)/b24-23+. The lowest BCUT2D eigenvalue weighted by Gasteiger charge is -2.14. The number of amides is 1. The number of azo groups is 1. The zero-order chi connectivity index (χ0) is 32.7. The third kappa shape index (κ3) is 7.99. The number of anilines is 1. The number of aryl methyl sites for hydroxylation is 1. The van der Waals surface area contributed by atoms with Gasteiger partial charge >= 0.3 is 10.4 Å². The number of rotatable bonds is 10. The average Bonchev–Trinajstić information content (AvgIpc) is 2.82. The Morgan fingerprint density at radius 1 is 0.860 bits per heavy atom. The van der Waals surface area contributed by atoms with Gasteiger partial charge in [0.05, 0.1) is 27.8 Å². The topological polar surface area (TPSA) is 301 Å². The monoisotopic (exact) mass is 683 g/mol. The van der Waals surface area contributed by atoms with E-state index < -0.39 is 113 Å². The van der Waals surface area contributed by atoms with Gasteiger partial charge in [0.1, 0.15) is 22.0 Å². The molecule has 0 unspecified atom stereocenters. The van der Waals surface area contributed by atoms with Crippen LogP contribution in [0.25, 0.3) is 10.8 Å². The Bertz CT molecular complexity index is 2130. The van der Waals surface area contributed by atoms with Gasteiger partial charge in [-0.05, 0) is 42.1 Å². The first-order valence-corrected chi connectivity index (χ1v) is 17.1.